The third-order valence-electron chi connectivity index (χ3n) is 3.36. The summed E-state index contributed by atoms with van der Waals surface area (Å²) in [5, 5.41) is 9.26. The standard InChI is InChI=1S/C15H17NO2/c1-4-10-8-13(17-2)15(18-3)12-7-5-6-11(9-16)14(10)12/h6,8H,4-5,7H2,1-3H3. The highest BCUT2D eigenvalue weighted by Gasteiger charge is 2.23. The zero-order chi connectivity index (χ0) is 13.1. The summed E-state index contributed by atoms with van der Waals surface area (Å²) in [6, 6.07) is 4.27. The van der Waals surface area contributed by atoms with Gasteiger partial charge >= 0.3 is 0 Å². The molecular weight excluding hydrogens is 226 g/mol. The molecule has 0 fully saturated rings. The van der Waals surface area contributed by atoms with Crippen LogP contribution in [-0.2, 0) is 12.8 Å². The zero-order valence-corrected chi connectivity index (χ0v) is 11.0. The maximum atomic E-state index is 9.26. The Morgan fingerprint density at radius 1 is 1.33 bits per heavy atom. The second-order valence-corrected chi connectivity index (χ2v) is 4.25. The first-order valence-corrected chi connectivity index (χ1v) is 6.14. The largest absolute Gasteiger partial charge is 0.493 e. The van der Waals surface area contributed by atoms with Crippen LogP contribution in [0.25, 0.3) is 5.57 Å². The lowest BCUT2D eigenvalue weighted by atomic mass is 9.86. The minimum Gasteiger partial charge on any atom is -0.493 e. The smallest absolute Gasteiger partial charge is 0.164 e. The number of hydrogen-bond acceptors (Lipinski definition) is 3. The summed E-state index contributed by atoms with van der Waals surface area (Å²) in [4.78, 5) is 0. The highest BCUT2D eigenvalue weighted by molar-refractivity contribution is 5.84. The van der Waals surface area contributed by atoms with Crippen LogP contribution in [0.15, 0.2) is 12.1 Å². The average molecular weight is 243 g/mol. The first kappa shape index (κ1) is 12.5. The van der Waals surface area contributed by atoms with Crippen LogP contribution in [0.2, 0.25) is 0 Å². The van der Waals surface area contributed by atoms with Gasteiger partial charge in [-0.2, -0.15) is 5.26 Å². The van der Waals surface area contributed by atoms with Gasteiger partial charge in [0, 0.05) is 11.1 Å². The van der Waals surface area contributed by atoms with E-state index in [1.807, 2.05) is 12.1 Å². The van der Waals surface area contributed by atoms with E-state index in [2.05, 4.69) is 13.0 Å². The van der Waals surface area contributed by atoms with Crippen molar-refractivity contribution in [2.24, 2.45) is 0 Å². The fourth-order valence-corrected chi connectivity index (χ4v) is 2.54. The predicted octanol–water partition coefficient (Wildman–Crippen LogP) is 3.12. The van der Waals surface area contributed by atoms with Crippen molar-refractivity contribution in [2.45, 2.75) is 26.2 Å². The molecule has 0 aliphatic heterocycles. The summed E-state index contributed by atoms with van der Waals surface area (Å²) in [6.45, 7) is 2.09. The van der Waals surface area contributed by atoms with Gasteiger partial charge in [-0.15, -0.1) is 0 Å². The third-order valence-corrected chi connectivity index (χ3v) is 3.36. The fraction of sp³-hybridized carbons (Fsp3) is 0.400. The summed E-state index contributed by atoms with van der Waals surface area (Å²) >= 11 is 0. The number of hydrogen-bond donors (Lipinski definition) is 0. The van der Waals surface area contributed by atoms with Crippen molar-refractivity contribution in [1.82, 2.24) is 0 Å². The Labute approximate surface area is 108 Å². The van der Waals surface area contributed by atoms with E-state index in [1.54, 1.807) is 14.2 Å². The van der Waals surface area contributed by atoms with Gasteiger partial charge in [0.05, 0.1) is 25.9 Å². The quantitative estimate of drug-likeness (QED) is 0.819. The van der Waals surface area contributed by atoms with Gasteiger partial charge in [0.25, 0.3) is 0 Å². The summed E-state index contributed by atoms with van der Waals surface area (Å²) < 4.78 is 10.9. The molecule has 0 saturated carbocycles. The molecular formula is C15H17NO2. The van der Waals surface area contributed by atoms with Crippen molar-refractivity contribution >= 4 is 5.57 Å². The molecule has 1 aromatic carbocycles. The maximum Gasteiger partial charge on any atom is 0.164 e. The summed E-state index contributed by atoms with van der Waals surface area (Å²) in [5.74, 6) is 1.53. The third kappa shape index (κ3) is 1.84. The number of benzene rings is 1. The summed E-state index contributed by atoms with van der Waals surface area (Å²) in [5.41, 5.74) is 4.06. The van der Waals surface area contributed by atoms with Crippen LogP contribution in [0.4, 0.5) is 0 Å². The van der Waals surface area contributed by atoms with Gasteiger partial charge in [0.15, 0.2) is 11.5 Å². The molecule has 1 aliphatic carbocycles. The van der Waals surface area contributed by atoms with Gasteiger partial charge < -0.3 is 9.47 Å². The number of allylic oxidation sites excluding steroid dienone is 2. The first-order chi connectivity index (χ1) is 8.76. The molecule has 0 aromatic heterocycles. The van der Waals surface area contributed by atoms with Crippen molar-refractivity contribution in [3.05, 3.63) is 28.8 Å². The maximum absolute atomic E-state index is 9.26. The Balaban J connectivity index is 2.75. The molecule has 0 saturated heterocycles. The van der Waals surface area contributed by atoms with Crippen LogP contribution in [0.3, 0.4) is 0 Å². The lowest BCUT2D eigenvalue weighted by Crippen LogP contribution is -2.07. The molecule has 0 amide bonds. The van der Waals surface area contributed by atoms with Crippen LogP contribution >= 0.6 is 0 Å². The predicted molar refractivity (Wildman–Crippen MR) is 70.8 cm³/mol. The first-order valence-electron chi connectivity index (χ1n) is 6.14. The molecule has 0 N–H and O–H groups in total. The molecule has 0 spiro atoms. The van der Waals surface area contributed by atoms with Crippen LogP contribution in [-0.4, -0.2) is 14.2 Å². The van der Waals surface area contributed by atoms with Crippen molar-refractivity contribution in [1.29, 1.82) is 5.26 Å². The van der Waals surface area contributed by atoms with E-state index in [4.69, 9.17) is 9.47 Å². The van der Waals surface area contributed by atoms with E-state index < -0.39 is 0 Å². The van der Waals surface area contributed by atoms with E-state index >= 15 is 0 Å². The second kappa shape index (κ2) is 5.14. The number of aryl methyl sites for hydroxylation is 1. The van der Waals surface area contributed by atoms with Gasteiger partial charge in [-0.1, -0.05) is 13.0 Å². The zero-order valence-electron chi connectivity index (χ0n) is 11.0. The number of fused-ring (bicyclic) bond motifs is 1. The second-order valence-electron chi connectivity index (χ2n) is 4.25. The molecule has 0 unspecified atom stereocenters. The molecule has 0 radical (unpaired) electrons. The molecule has 0 atom stereocenters. The number of nitriles is 1. The topological polar surface area (TPSA) is 42.2 Å². The molecule has 2 rings (SSSR count). The van der Waals surface area contributed by atoms with Gasteiger partial charge in [-0.05, 0) is 30.9 Å². The van der Waals surface area contributed by atoms with Crippen LogP contribution in [0, 0.1) is 11.3 Å². The molecule has 3 heteroatoms. The van der Waals surface area contributed by atoms with Crippen molar-refractivity contribution in [3.8, 4) is 17.6 Å². The molecule has 1 aromatic rings. The Bertz CT molecular complexity index is 538. The Hall–Kier alpha value is -1.95. The Morgan fingerprint density at radius 2 is 2.11 bits per heavy atom. The number of nitrogens with zero attached hydrogens (tertiary/aromatic N) is 1. The molecule has 3 nitrogen and oxygen atoms in total. The van der Waals surface area contributed by atoms with Crippen LogP contribution in [0.1, 0.15) is 30.0 Å². The minimum absolute atomic E-state index is 0.757. The fourth-order valence-electron chi connectivity index (χ4n) is 2.54. The van der Waals surface area contributed by atoms with Gasteiger partial charge in [-0.25, -0.2) is 0 Å². The van der Waals surface area contributed by atoms with Gasteiger partial charge in [0.1, 0.15) is 0 Å². The van der Waals surface area contributed by atoms with Gasteiger partial charge in [0.2, 0.25) is 0 Å². The molecule has 94 valence electrons. The normalized spacial score (nSPS) is 13.3. The van der Waals surface area contributed by atoms with Crippen molar-refractivity contribution in [2.75, 3.05) is 14.2 Å². The monoisotopic (exact) mass is 243 g/mol. The SMILES string of the molecule is CCc1cc(OC)c(OC)c2c1C(C#N)=CCC2. The highest BCUT2D eigenvalue weighted by atomic mass is 16.5. The molecule has 0 heterocycles. The van der Waals surface area contributed by atoms with Crippen molar-refractivity contribution < 1.29 is 9.47 Å². The Morgan fingerprint density at radius 3 is 2.67 bits per heavy atom. The molecule has 18 heavy (non-hydrogen) atoms. The lowest BCUT2D eigenvalue weighted by Gasteiger charge is -2.22. The number of rotatable bonds is 3. The van der Waals surface area contributed by atoms with E-state index in [1.165, 1.54) is 0 Å². The number of ether oxygens (including phenoxy) is 2. The minimum atomic E-state index is 0.757. The molecule has 0 bridgehead atoms. The van der Waals surface area contributed by atoms with Crippen LogP contribution in [0.5, 0.6) is 11.5 Å². The van der Waals surface area contributed by atoms with E-state index in [0.29, 0.717) is 0 Å². The van der Waals surface area contributed by atoms with E-state index in [0.717, 1.165) is 53.0 Å². The summed E-state index contributed by atoms with van der Waals surface area (Å²) in [6.07, 6.45) is 4.66. The average Bonchev–Trinajstić information content (AvgIpc) is 2.44. The van der Waals surface area contributed by atoms with E-state index in [9.17, 15) is 5.26 Å². The van der Waals surface area contributed by atoms with Gasteiger partial charge in [-0.3, -0.25) is 0 Å². The number of methoxy groups -OCH3 is 2. The van der Waals surface area contributed by atoms with Crippen molar-refractivity contribution in [3.63, 3.8) is 0 Å². The molecule has 1 aliphatic rings. The summed E-state index contributed by atoms with van der Waals surface area (Å²) in [7, 11) is 3.29. The lowest BCUT2D eigenvalue weighted by molar-refractivity contribution is 0.351. The Kier molecular flexibility index (Phi) is 3.57. The van der Waals surface area contributed by atoms with Crippen LogP contribution < -0.4 is 9.47 Å². The van der Waals surface area contributed by atoms with E-state index in [-0.39, 0.29) is 0 Å². The highest BCUT2D eigenvalue weighted by Crippen LogP contribution is 2.41.